The van der Waals surface area contributed by atoms with Gasteiger partial charge in [0.05, 0.1) is 0 Å². The molecule has 26 heavy (non-hydrogen) atoms. The Kier molecular flexibility index (Phi) is 10.5. The predicted molar refractivity (Wildman–Crippen MR) is 105 cm³/mol. The molecular formula is C20H35N5O. The Morgan fingerprint density at radius 2 is 1.46 bits per heavy atom. The highest BCUT2D eigenvalue weighted by molar-refractivity contribution is 5.73. The fraction of sp³-hybridized carbons (Fsp3) is 0.750. The van der Waals surface area contributed by atoms with E-state index in [9.17, 15) is 4.79 Å². The summed E-state index contributed by atoms with van der Waals surface area (Å²) in [6.07, 6.45) is 20.3. The molecule has 2 N–H and O–H groups in total. The van der Waals surface area contributed by atoms with Crippen LogP contribution in [0.1, 0.15) is 76.5 Å². The van der Waals surface area contributed by atoms with Gasteiger partial charge in [0.2, 0.25) is 0 Å². The Labute approximate surface area is 157 Å². The van der Waals surface area contributed by atoms with Gasteiger partial charge in [0, 0.05) is 26.1 Å². The summed E-state index contributed by atoms with van der Waals surface area (Å²) in [4.78, 5) is 11.7. The first-order valence-corrected chi connectivity index (χ1v) is 10.4. The lowest BCUT2D eigenvalue weighted by Crippen LogP contribution is -2.36. The van der Waals surface area contributed by atoms with Gasteiger partial charge >= 0.3 is 6.03 Å². The third kappa shape index (κ3) is 9.02. The molecule has 2 amide bonds. The van der Waals surface area contributed by atoms with Gasteiger partial charge in [-0.2, -0.15) is 0 Å². The molecule has 0 atom stereocenters. The summed E-state index contributed by atoms with van der Waals surface area (Å²) in [6.45, 7) is 2.40. The van der Waals surface area contributed by atoms with E-state index in [-0.39, 0.29) is 6.03 Å². The second-order valence-corrected chi connectivity index (χ2v) is 7.10. The maximum absolute atomic E-state index is 11.7. The number of hydrogen-bond acceptors (Lipinski definition) is 3. The number of carbonyl (C=O) groups is 1. The van der Waals surface area contributed by atoms with E-state index in [1.54, 1.807) is 0 Å². The van der Waals surface area contributed by atoms with Crippen molar-refractivity contribution in [2.24, 2.45) is 0 Å². The van der Waals surface area contributed by atoms with E-state index in [0.717, 1.165) is 57.4 Å². The molecule has 0 saturated carbocycles. The first-order chi connectivity index (χ1) is 12.9. The van der Waals surface area contributed by atoms with E-state index in [1.165, 1.54) is 38.5 Å². The summed E-state index contributed by atoms with van der Waals surface area (Å²) in [7, 11) is 0. The van der Waals surface area contributed by atoms with Crippen LogP contribution in [-0.4, -0.2) is 33.9 Å². The Bertz CT molecular complexity index is 526. The Balaban J connectivity index is 1.74. The second-order valence-electron chi connectivity index (χ2n) is 7.10. The van der Waals surface area contributed by atoms with Crippen molar-refractivity contribution < 1.29 is 4.79 Å². The minimum atomic E-state index is -0.0485. The topological polar surface area (TPSA) is 71.8 Å². The number of hydrogen-bond donors (Lipinski definition) is 2. The number of nitrogens with zero attached hydrogens (tertiary/aromatic N) is 3. The maximum atomic E-state index is 11.7. The molecule has 0 saturated heterocycles. The zero-order valence-corrected chi connectivity index (χ0v) is 16.1. The lowest BCUT2D eigenvalue weighted by Gasteiger charge is -2.09. The van der Waals surface area contributed by atoms with Crippen molar-refractivity contribution in [1.29, 1.82) is 0 Å². The third-order valence-electron chi connectivity index (χ3n) is 4.83. The van der Waals surface area contributed by atoms with Gasteiger partial charge in [-0.3, -0.25) is 0 Å². The molecule has 2 heterocycles. The van der Waals surface area contributed by atoms with Crippen LogP contribution in [-0.2, 0) is 13.0 Å². The Hall–Kier alpha value is -1.85. The summed E-state index contributed by atoms with van der Waals surface area (Å²) < 4.78 is 2.16. The van der Waals surface area contributed by atoms with Crippen LogP contribution in [0.5, 0.6) is 0 Å². The smallest absolute Gasteiger partial charge is 0.314 e. The monoisotopic (exact) mass is 361 g/mol. The van der Waals surface area contributed by atoms with Crippen LogP contribution in [0.2, 0.25) is 0 Å². The van der Waals surface area contributed by atoms with Crippen LogP contribution in [0.15, 0.2) is 18.5 Å². The lowest BCUT2D eigenvalue weighted by atomic mass is 10.1. The van der Waals surface area contributed by atoms with Gasteiger partial charge in [0.1, 0.15) is 12.2 Å². The predicted octanol–water partition coefficient (Wildman–Crippen LogP) is 3.98. The molecule has 1 aromatic rings. The molecular weight excluding hydrogens is 326 g/mol. The molecule has 0 fully saturated rings. The molecule has 0 unspecified atom stereocenters. The quantitative estimate of drug-likeness (QED) is 0.687. The molecule has 0 aromatic carbocycles. The number of rotatable bonds is 0. The Morgan fingerprint density at radius 3 is 2.27 bits per heavy atom. The van der Waals surface area contributed by atoms with E-state index < -0.39 is 0 Å². The van der Waals surface area contributed by atoms with Crippen molar-refractivity contribution in [3.8, 4) is 0 Å². The molecule has 1 aliphatic heterocycles. The first-order valence-electron chi connectivity index (χ1n) is 10.4. The van der Waals surface area contributed by atoms with Crippen LogP contribution in [0.25, 0.3) is 0 Å². The van der Waals surface area contributed by atoms with E-state index in [4.69, 9.17) is 0 Å². The summed E-state index contributed by atoms with van der Waals surface area (Å²) in [5.74, 6) is 1.10. The number of fused-ring (bicyclic) bond motifs is 1. The Morgan fingerprint density at radius 1 is 0.808 bits per heavy atom. The largest absolute Gasteiger partial charge is 0.338 e. The van der Waals surface area contributed by atoms with Crippen molar-refractivity contribution in [1.82, 2.24) is 25.4 Å². The SMILES string of the molecule is O=C1NCCCC/C=C\CCCCCCCc2nncn2CCCCN1. The number of urea groups is 1. The molecule has 146 valence electrons. The van der Waals surface area contributed by atoms with Crippen molar-refractivity contribution in [2.75, 3.05) is 13.1 Å². The average Bonchev–Trinajstić information content (AvgIpc) is 3.08. The minimum Gasteiger partial charge on any atom is -0.338 e. The van der Waals surface area contributed by atoms with Crippen LogP contribution in [0, 0.1) is 0 Å². The molecule has 1 aliphatic rings. The molecule has 0 bridgehead atoms. The van der Waals surface area contributed by atoms with Gasteiger partial charge in [0.15, 0.2) is 0 Å². The third-order valence-corrected chi connectivity index (χ3v) is 4.83. The van der Waals surface area contributed by atoms with Crippen molar-refractivity contribution in [3.05, 3.63) is 24.3 Å². The first kappa shape index (κ1) is 20.5. The average molecular weight is 362 g/mol. The van der Waals surface area contributed by atoms with E-state index >= 15 is 0 Å². The summed E-state index contributed by atoms with van der Waals surface area (Å²) in [5.41, 5.74) is 0. The van der Waals surface area contributed by atoms with Gasteiger partial charge in [-0.15, -0.1) is 10.2 Å². The number of carbonyl (C=O) groups excluding carboxylic acids is 1. The van der Waals surface area contributed by atoms with Crippen LogP contribution in [0.3, 0.4) is 0 Å². The van der Waals surface area contributed by atoms with E-state index in [2.05, 4.69) is 37.6 Å². The lowest BCUT2D eigenvalue weighted by molar-refractivity contribution is 0.240. The molecule has 0 aliphatic carbocycles. The van der Waals surface area contributed by atoms with Gasteiger partial charge in [-0.25, -0.2) is 4.79 Å². The van der Waals surface area contributed by atoms with E-state index in [1.807, 2.05) is 6.33 Å². The fourth-order valence-corrected chi connectivity index (χ4v) is 3.23. The highest BCUT2D eigenvalue weighted by Crippen LogP contribution is 2.10. The summed E-state index contributed by atoms with van der Waals surface area (Å²) in [6, 6.07) is -0.0485. The number of aryl methyl sites for hydroxylation is 2. The zero-order chi connectivity index (χ0) is 18.3. The van der Waals surface area contributed by atoms with Crippen LogP contribution >= 0.6 is 0 Å². The standard InChI is InChI=1S/C20H35N5O/c26-20-21-15-11-9-7-5-3-1-2-4-6-8-10-14-19-24-23-18-25(19)17-13-12-16-22-20/h3,5,18H,1-2,4,6-17H2,(H2,21,22,26)/b5-3-. The van der Waals surface area contributed by atoms with E-state index in [0.29, 0.717) is 6.54 Å². The zero-order valence-electron chi connectivity index (χ0n) is 16.1. The molecule has 0 spiro atoms. The van der Waals surface area contributed by atoms with Gasteiger partial charge in [-0.1, -0.05) is 31.4 Å². The molecule has 6 nitrogen and oxygen atoms in total. The maximum Gasteiger partial charge on any atom is 0.314 e. The molecule has 1 aromatic heterocycles. The highest BCUT2D eigenvalue weighted by Gasteiger charge is 2.04. The van der Waals surface area contributed by atoms with Crippen molar-refractivity contribution in [3.63, 3.8) is 0 Å². The number of aromatic nitrogens is 3. The molecule has 2 rings (SSSR count). The second kappa shape index (κ2) is 13.4. The summed E-state index contributed by atoms with van der Waals surface area (Å²) in [5, 5.41) is 14.2. The fourth-order valence-electron chi connectivity index (χ4n) is 3.23. The number of nitrogens with one attached hydrogen (secondary N) is 2. The van der Waals surface area contributed by atoms with Gasteiger partial charge < -0.3 is 15.2 Å². The highest BCUT2D eigenvalue weighted by atomic mass is 16.2. The molecule has 6 heteroatoms. The van der Waals surface area contributed by atoms with Crippen LogP contribution < -0.4 is 10.6 Å². The normalized spacial score (nSPS) is 21.3. The van der Waals surface area contributed by atoms with Gasteiger partial charge in [-0.05, 0) is 51.4 Å². The minimum absolute atomic E-state index is 0.0485. The van der Waals surface area contributed by atoms with Crippen molar-refractivity contribution >= 4 is 6.03 Å². The molecule has 0 radical (unpaired) electrons. The summed E-state index contributed by atoms with van der Waals surface area (Å²) >= 11 is 0. The van der Waals surface area contributed by atoms with Crippen molar-refractivity contribution in [2.45, 2.75) is 83.6 Å². The number of allylic oxidation sites excluding steroid dienone is 2. The van der Waals surface area contributed by atoms with Gasteiger partial charge in [0.25, 0.3) is 0 Å². The number of amides is 2. The van der Waals surface area contributed by atoms with Crippen LogP contribution in [0.4, 0.5) is 4.79 Å².